The third-order valence-electron chi connectivity index (χ3n) is 4.49. The van der Waals surface area contributed by atoms with Gasteiger partial charge in [-0.2, -0.15) is 16.8 Å². The first-order valence-electron chi connectivity index (χ1n) is 10.4. The van der Waals surface area contributed by atoms with Crippen molar-refractivity contribution in [2.75, 3.05) is 31.1 Å². The van der Waals surface area contributed by atoms with Crippen LogP contribution in [0, 0.1) is 0 Å². The van der Waals surface area contributed by atoms with Crippen molar-refractivity contribution >= 4 is 26.0 Å². The lowest BCUT2D eigenvalue weighted by Crippen LogP contribution is -2.45. The molecule has 0 fully saturated rings. The number of hydrogen-bond donors (Lipinski definition) is 4. The summed E-state index contributed by atoms with van der Waals surface area (Å²) in [6, 6.07) is -0.512. The van der Waals surface area contributed by atoms with Gasteiger partial charge in [-0.05, 0) is 32.4 Å². The van der Waals surface area contributed by atoms with Gasteiger partial charge < -0.3 is 10.6 Å². The van der Waals surface area contributed by atoms with Crippen molar-refractivity contribution in [2.45, 2.75) is 77.2 Å². The van der Waals surface area contributed by atoms with E-state index in [-0.39, 0.29) is 43.2 Å². The molecule has 0 saturated carbocycles. The lowest BCUT2D eigenvalue weighted by molar-refractivity contribution is -0.121. The number of hydrogen-bond acceptors (Lipinski definition) is 7. The van der Waals surface area contributed by atoms with Crippen molar-refractivity contribution in [3.63, 3.8) is 0 Å². The maximum Gasteiger partial charge on any atom is 0.264 e. The molecular formula is C18H38N2O7S2. The summed E-state index contributed by atoms with van der Waals surface area (Å²) in [6.07, 6.45) is 8.56. The highest BCUT2D eigenvalue weighted by atomic mass is 32.2. The third kappa shape index (κ3) is 20.5. The summed E-state index contributed by atoms with van der Waals surface area (Å²) >= 11 is 0. The van der Waals surface area contributed by atoms with Gasteiger partial charge >= 0.3 is 0 Å². The van der Waals surface area contributed by atoms with Crippen LogP contribution >= 0.6 is 0 Å². The fourth-order valence-electron chi connectivity index (χ4n) is 2.89. The lowest BCUT2D eigenvalue weighted by atomic mass is 10.0. The molecule has 0 aliphatic rings. The second-order valence-corrected chi connectivity index (χ2v) is 10.5. The van der Waals surface area contributed by atoms with Crippen LogP contribution in [0.5, 0.6) is 0 Å². The summed E-state index contributed by atoms with van der Waals surface area (Å²) in [5.74, 6) is -0.702. The normalized spacial score (nSPS) is 13.5. The Morgan fingerprint density at radius 3 is 1.86 bits per heavy atom. The molecule has 0 aliphatic heterocycles. The number of Topliss-reactive ketones (excluding diaryl/α,β-unsaturated/α-hetero) is 1. The highest BCUT2D eigenvalue weighted by molar-refractivity contribution is 7.86. The van der Waals surface area contributed by atoms with E-state index < -0.39 is 26.3 Å². The lowest BCUT2D eigenvalue weighted by Gasteiger charge is -2.18. The monoisotopic (exact) mass is 458 g/mol. The van der Waals surface area contributed by atoms with E-state index in [1.165, 1.54) is 25.7 Å². The van der Waals surface area contributed by atoms with Crippen molar-refractivity contribution in [3.05, 3.63) is 0 Å². The zero-order chi connectivity index (χ0) is 22.2. The zero-order valence-electron chi connectivity index (χ0n) is 17.4. The van der Waals surface area contributed by atoms with Crippen LogP contribution in [0.1, 0.15) is 71.1 Å². The van der Waals surface area contributed by atoms with Gasteiger partial charge in [-0.15, -0.1) is 0 Å². The molecule has 4 N–H and O–H groups in total. The average Bonchev–Trinajstić information content (AvgIpc) is 2.60. The summed E-state index contributed by atoms with van der Waals surface area (Å²) in [5, 5.41) is 6.01. The topological polar surface area (TPSA) is 150 Å². The molecule has 0 heterocycles. The van der Waals surface area contributed by atoms with Crippen molar-refractivity contribution in [3.8, 4) is 0 Å². The van der Waals surface area contributed by atoms with Crippen LogP contribution in [0.3, 0.4) is 0 Å². The molecule has 0 aliphatic carbocycles. The number of carbonyl (C=O) groups is 1. The fourth-order valence-corrected chi connectivity index (χ4v) is 3.91. The molecule has 11 heteroatoms. The predicted molar refractivity (Wildman–Crippen MR) is 114 cm³/mol. The summed E-state index contributed by atoms with van der Waals surface area (Å²) in [7, 11) is -8.03. The summed E-state index contributed by atoms with van der Waals surface area (Å²) in [6.45, 7) is 3.04. The molecule has 0 amide bonds. The minimum Gasteiger partial charge on any atom is -0.315 e. The van der Waals surface area contributed by atoms with Gasteiger partial charge in [-0.25, -0.2) is 0 Å². The molecule has 1 unspecified atom stereocenters. The predicted octanol–water partition coefficient (Wildman–Crippen LogP) is 1.80. The Balaban J connectivity index is 4.28. The Morgan fingerprint density at radius 2 is 1.31 bits per heavy atom. The van der Waals surface area contributed by atoms with Gasteiger partial charge in [0, 0.05) is 13.0 Å². The van der Waals surface area contributed by atoms with Crippen LogP contribution in [-0.4, -0.2) is 68.9 Å². The Hall–Kier alpha value is -0.590. The van der Waals surface area contributed by atoms with Gasteiger partial charge in [0.15, 0.2) is 5.78 Å². The van der Waals surface area contributed by atoms with Crippen LogP contribution in [0.4, 0.5) is 0 Å². The molecule has 0 saturated heterocycles. The van der Waals surface area contributed by atoms with Gasteiger partial charge in [-0.3, -0.25) is 13.9 Å². The highest BCUT2D eigenvalue weighted by Crippen LogP contribution is 2.09. The van der Waals surface area contributed by atoms with E-state index in [1.807, 2.05) is 0 Å². The molecule has 9 nitrogen and oxygen atoms in total. The molecule has 0 radical (unpaired) electrons. The number of nitrogens with one attached hydrogen (secondary N) is 2. The Kier molecular flexibility index (Phi) is 15.8. The largest absolute Gasteiger partial charge is 0.315 e. The van der Waals surface area contributed by atoms with Gasteiger partial charge in [0.2, 0.25) is 0 Å². The van der Waals surface area contributed by atoms with E-state index in [4.69, 9.17) is 9.11 Å². The first-order valence-corrected chi connectivity index (χ1v) is 13.6. The quantitative estimate of drug-likeness (QED) is 0.158. The summed E-state index contributed by atoms with van der Waals surface area (Å²) in [5.41, 5.74) is 0. The first-order chi connectivity index (χ1) is 13.5. The Bertz CT molecular complexity index is 637. The first kappa shape index (κ1) is 28.4. The Labute approximate surface area is 175 Å². The molecular weight excluding hydrogens is 420 g/mol. The minimum atomic E-state index is -4.03. The number of ketones is 1. The Morgan fingerprint density at radius 1 is 0.793 bits per heavy atom. The van der Waals surface area contributed by atoms with Gasteiger partial charge in [0.1, 0.15) is 0 Å². The van der Waals surface area contributed by atoms with Gasteiger partial charge in [0.25, 0.3) is 20.2 Å². The standard InChI is InChI=1S/C18H38N2O7S2/c1-2-3-4-5-6-7-8-11-18(21)17(20-13-10-15-29(25,26)27)16-19-12-9-14-28(22,23)24/h17,19-20H,2-16H2,1H3,(H,22,23,24)(H,25,26,27). The highest BCUT2D eigenvalue weighted by Gasteiger charge is 2.17. The zero-order valence-corrected chi connectivity index (χ0v) is 19.1. The van der Waals surface area contributed by atoms with Crippen LogP contribution in [0.2, 0.25) is 0 Å². The van der Waals surface area contributed by atoms with Crippen LogP contribution in [-0.2, 0) is 25.0 Å². The maximum absolute atomic E-state index is 12.5. The molecule has 0 rings (SSSR count). The number of rotatable bonds is 20. The van der Waals surface area contributed by atoms with Crippen molar-refractivity contribution in [1.29, 1.82) is 0 Å². The average molecular weight is 459 g/mol. The fraction of sp³-hybridized carbons (Fsp3) is 0.944. The molecule has 0 spiro atoms. The van der Waals surface area contributed by atoms with Gasteiger partial charge in [-0.1, -0.05) is 45.4 Å². The molecule has 0 bridgehead atoms. The van der Waals surface area contributed by atoms with Crippen molar-refractivity contribution < 1.29 is 30.7 Å². The second-order valence-electron chi connectivity index (χ2n) is 7.33. The summed E-state index contributed by atoms with van der Waals surface area (Å²) < 4.78 is 60.5. The van der Waals surface area contributed by atoms with Crippen LogP contribution < -0.4 is 10.6 Å². The van der Waals surface area contributed by atoms with E-state index in [2.05, 4.69) is 17.6 Å². The van der Waals surface area contributed by atoms with E-state index in [1.54, 1.807) is 0 Å². The number of carbonyl (C=O) groups excluding carboxylic acids is 1. The third-order valence-corrected chi connectivity index (χ3v) is 6.10. The molecule has 29 heavy (non-hydrogen) atoms. The van der Waals surface area contributed by atoms with Crippen LogP contribution in [0.15, 0.2) is 0 Å². The summed E-state index contributed by atoms with van der Waals surface area (Å²) in [4.78, 5) is 12.5. The number of unbranched alkanes of at least 4 members (excludes halogenated alkanes) is 6. The van der Waals surface area contributed by atoms with Crippen molar-refractivity contribution in [2.24, 2.45) is 0 Å². The maximum atomic E-state index is 12.5. The molecule has 0 aromatic heterocycles. The SMILES string of the molecule is CCCCCCCCCC(=O)C(CNCCCS(=O)(=O)O)NCCCS(=O)(=O)O. The van der Waals surface area contributed by atoms with Gasteiger partial charge in [0.05, 0.1) is 17.5 Å². The van der Waals surface area contributed by atoms with E-state index >= 15 is 0 Å². The van der Waals surface area contributed by atoms with E-state index in [9.17, 15) is 21.6 Å². The smallest absolute Gasteiger partial charge is 0.264 e. The molecule has 0 aromatic carbocycles. The second kappa shape index (κ2) is 16.1. The molecule has 174 valence electrons. The van der Waals surface area contributed by atoms with E-state index in [0.717, 1.165) is 19.3 Å². The van der Waals surface area contributed by atoms with Crippen molar-refractivity contribution in [1.82, 2.24) is 10.6 Å². The van der Waals surface area contributed by atoms with Crippen LogP contribution in [0.25, 0.3) is 0 Å². The van der Waals surface area contributed by atoms with E-state index in [0.29, 0.717) is 13.0 Å². The minimum absolute atomic E-state index is 0.0210. The molecule has 0 aromatic rings. The molecule has 1 atom stereocenters.